The molecule has 40 heavy (non-hydrogen) atoms. The van der Waals surface area contributed by atoms with E-state index in [0.29, 0.717) is 43.3 Å². The molecule has 3 heterocycles. The molecule has 1 amide bonds. The maximum Gasteiger partial charge on any atom is 0.270 e. The van der Waals surface area contributed by atoms with Crippen molar-refractivity contribution < 1.29 is 9.72 Å². The van der Waals surface area contributed by atoms with Crippen LogP contribution in [0.15, 0.2) is 97.2 Å². The van der Waals surface area contributed by atoms with Gasteiger partial charge in [-0.25, -0.2) is 4.98 Å². The molecule has 1 aliphatic heterocycles. The highest BCUT2D eigenvalue weighted by Gasteiger charge is 2.25. The Balaban J connectivity index is 1.27. The van der Waals surface area contributed by atoms with Crippen molar-refractivity contribution >= 4 is 28.8 Å². The number of carbonyl (C=O) groups is 1. The van der Waals surface area contributed by atoms with Crippen molar-refractivity contribution in [2.75, 3.05) is 26.2 Å². The van der Waals surface area contributed by atoms with E-state index in [-0.39, 0.29) is 11.6 Å². The third-order valence-corrected chi connectivity index (χ3v) is 7.53. The molecular formula is C31H26ClN5O3. The number of nitrogens with zero attached hydrogens (tertiary/aromatic N) is 5. The first-order valence-electron chi connectivity index (χ1n) is 13.0. The third kappa shape index (κ3) is 5.19. The number of piperazine rings is 1. The Morgan fingerprint density at radius 1 is 0.850 bits per heavy atom. The number of aromatic nitrogens is 2. The number of carbonyl (C=O) groups excluding carboxylic acids is 1. The molecule has 6 rings (SSSR count). The first kappa shape index (κ1) is 25.7. The number of amides is 1. The molecule has 8 nitrogen and oxygen atoms in total. The van der Waals surface area contributed by atoms with Crippen LogP contribution in [0.25, 0.3) is 28.0 Å². The Hall–Kier alpha value is -4.53. The van der Waals surface area contributed by atoms with Gasteiger partial charge >= 0.3 is 0 Å². The van der Waals surface area contributed by atoms with Crippen molar-refractivity contribution in [1.82, 2.24) is 19.2 Å². The summed E-state index contributed by atoms with van der Waals surface area (Å²) in [5.41, 5.74) is 6.30. The zero-order valence-electron chi connectivity index (χ0n) is 21.6. The summed E-state index contributed by atoms with van der Waals surface area (Å²) in [5, 5.41) is 11.8. The molecule has 0 unspecified atom stereocenters. The SMILES string of the molecule is O=C(c1cccc([N+](=O)[O-])c1)N1CCN(Cc2c(-c3ccc(Cl)cc3)nc3ccc(-c4ccccc4)cn23)CC1. The van der Waals surface area contributed by atoms with Gasteiger partial charge in [0, 0.05) is 67.2 Å². The average Bonchev–Trinajstić information content (AvgIpc) is 3.35. The van der Waals surface area contributed by atoms with Gasteiger partial charge in [0.2, 0.25) is 0 Å². The Bertz CT molecular complexity index is 1690. The molecule has 1 saturated heterocycles. The van der Waals surface area contributed by atoms with Crippen molar-refractivity contribution in [3.63, 3.8) is 0 Å². The molecule has 3 aromatic carbocycles. The third-order valence-electron chi connectivity index (χ3n) is 7.28. The zero-order chi connectivity index (χ0) is 27.6. The first-order chi connectivity index (χ1) is 19.5. The van der Waals surface area contributed by atoms with Gasteiger partial charge in [0.25, 0.3) is 11.6 Å². The van der Waals surface area contributed by atoms with Crippen LogP contribution in [-0.4, -0.2) is 56.2 Å². The van der Waals surface area contributed by atoms with E-state index in [1.165, 1.54) is 12.1 Å². The highest BCUT2D eigenvalue weighted by molar-refractivity contribution is 6.30. The molecule has 0 aliphatic carbocycles. The second-order valence-corrected chi connectivity index (χ2v) is 10.2. The number of halogens is 1. The average molecular weight is 552 g/mol. The summed E-state index contributed by atoms with van der Waals surface area (Å²) in [7, 11) is 0. The predicted molar refractivity (Wildman–Crippen MR) is 155 cm³/mol. The van der Waals surface area contributed by atoms with Crippen molar-refractivity contribution in [2.24, 2.45) is 0 Å². The summed E-state index contributed by atoms with van der Waals surface area (Å²) in [5.74, 6) is -0.187. The predicted octanol–water partition coefficient (Wildman–Crippen LogP) is 6.19. The maximum atomic E-state index is 13.1. The van der Waals surface area contributed by atoms with Crippen LogP contribution in [0.4, 0.5) is 5.69 Å². The van der Waals surface area contributed by atoms with E-state index in [1.807, 2.05) is 48.5 Å². The number of pyridine rings is 1. The largest absolute Gasteiger partial charge is 0.336 e. The maximum absolute atomic E-state index is 13.1. The minimum atomic E-state index is -0.480. The first-order valence-corrected chi connectivity index (χ1v) is 13.4. The summed E-state index contributed by atoms with van der Waals surface area (Å²) in [6, 6.07) is 28.0. The lowest BCUT2D eigenvalue weighted by atomic mass is 10.1. The second-order valence-electron chi connectivity index (χ2n) is 9.80. The Kier molecular flexibility index (Phi) is 7.02. The molecule has 200 valence electrons. The summed E-state index contributed by atoms with van der Waals surface area (Å²) >= 11 is 6.17. The van der Waals surface area contributed by atoms with Gasteiger partial charge in [-0.15, -0.1) is 0 Å². The number of nitro groups is 1. The van der Waals surface area contributed by atoms with Gasteiger partial charge in [-0.1, -0.05) is 60.1 Å². The molecule has 1 aliphatic rings. The van der Waals surface area contributed by atoms with Crippen LogP contribution < -0.4 is 0 Å². The van der Waals surface area contributed by atoms with Crippen LogP contribution in [0.5, 0.6) is 0 Å². The van der Waals surface area contributed by atoms with Gasteiger partial charge in [0.15, 0.2) is 0 Å². The summed E-state index contributed by atoms with van der Waals surface area (Å²) < 4.78 is 2.16. The number of fused-ring (bicyclic) bond motifs is 1. The fourth-order valence-electron chi connectivity index (χ4n) is 5.14. The Labute approximate surface area is 236 Å². The molecule has 0 atom stereocenters. The van der Waals surface area contributed by atoms with E-state index >= 15 is 0 Å². The molecule has 0 bridgehead atoms. The van der Waals surface area contributed by atoms with Gasteiger partial charge in [0.1, 0.15) is 5.65 Å². The number of hydrogen-bond acceptors (Lipinski definition) is 5. The molecule has 9 heteroatoms. The molecule has 0 saturated carbocycles. The van der Waals surface area contributed by atoms with Crippen LogP contribution in [-0.2, 0) is 6.54 Å². The molecule has 0 spiro atoms. The Morgan fingerprint density at radius 3 is 2.30 bits per heavy atom. The van der Waals surface area contributed by atoms with Crippen molar-refractivity contribution in [3.05, 3.63) is 124 Å². The van der Waals surface area contributed by atoms with Crippen LogP contribution in [0.1, 0.15) is 16.1 Å². The topological polar surface area (TPSA) is 84.0 Å². The summed E-state index contributed by atoms with van der Waals surface area (Å²) in [6.45, 7) is 3.06. The van der Waals surface area contributed by atoms with Crippen molar-refractivity contribution in [1.29, 1.82) is 0 Å². The monoisotopic (exact) mass is 551 g/mol. The minimum Gasteiger partial charge on any atom is -0.336 e. The molecular weight excluding hydrogens is 526 g/mol. The van der Waals surface area contributed by atoms with Crippen molar-refractivity contribution in [3.8, 4) is 22.4 Å². The van der Waals surface area contributed by atoms with E-state index in [9.17, 15) is 14.9 Å². The molecule has 1 fully saturated rings. The highest BCUT2D eigenvalue weighted by atomic mass is 35.5. The number of hydrogen-bond donors (Lipinski definition) is 0. The van der Waals surface area contributed by atoms with Crippen LogP contribution in [0.3, 0.4) is 0 Å². The van der Waals surface area contributed by atoms with E-state index in [0.717, 1.165) is 33.7 Å². The van der Waals surface area contributed by atoms with E-state index in [2.05, 4.69) is 33.7 Å². The van der Waals surface area contributed by atoms with Crippen LogP contribution >= 0.6 is 11.6 Å². The Morgan fingerprint density at radius 2 is 1.57 bits per heavy atom. The molecule has 2 aromatic heterocycles. The van der Waals surface area contributed by atoms with Crippen molar-refractivity contribution in [2.45, 2.75) is 6.54 Å². The van der Waals surface area contributed by atoms with Crippen LogP contribution in [0, 0.1) is 10.1 Å². The fourth-order valence-corrected chi connectivity index (χ4v) is 5.27. The lowest BCUT2D eigenvalue weighted by Gasteiger charge is -2.34. The lowest BCUT2D eigenvalue weighted by molar-refractivity contribution is -0.384. The quantitative estimate of drug-likeness (QED) is 0.186. The van der Waals surface area contributed by atoms with Gasteiger partial charge in [-0.05, 0) is 41.5 Å². The highest BCUT2D eigenvalue weighted by Crippen LogP contribution is 2.29. The molecule has 5 aromatic rings. The second kappa shape index (κ2) is 10.9. The summed E-state index contributed by atoms with van der Waals surface area (Å²) in [6.07, 6.45) is 2.13. The number of imidazole rings is 1. The normalized spacial score (nSPS) is 14.0. The lowest BCUT2D eigenvalue weighted by Crippen LogP contribution is -2.48. The fraction of sp³-hybridized carbons (Fsp3) is 0.161. The number of non-ortho nitro benzene ring substituents is 1. The van der Waals surface area contributed by atoms with Gasteiger partial charge in [0.05, 0.1) is 16.3 Å². The van der Waals surface area contributed by atoms with Gasteiger partial charge in [-0.2, -0.15) is 0 Å². The van der Waals surface area contributed by atoms with E-state index < -0.39 is 4.92 Å². The smallest absolute Gasteiger partial charge is 0.270 e. The summed E-state index contributed by atoms with van der Waals surface area (Å²) in [4.78, 5) is 32.8. The van der Waals surface area contributed by atoms with E-state index in [1.54, 1.807) is 17.0 Å². The van der Waals surface area contributed by atoms with Gasteiger partial charge < -0.3 is 9.30 Å². The number of nitro benzene ring substituents is 1. The minimum absolute atomic E-state index is 0.0818. The number of benzene rings is 3. The van der Waals surface area contributed by atoms with Crippen LogP contribution in [0.2, 0.25) is 5.02 Å². The van der Waals surface area contributed by atoms with E-state index in [4.69, 9.17) is 16.6 Å². The zero-order valence-corrected chi connectivity index (χ0v) is 22.4. The van der Waals surface area contributed by atoms with Gasteiger partial charge in [-0.3, -0.25) is 19.8 Å². The number of rotatable bonds is 6. The standard InChI is InChI=1S/C31H26ClN5O3/c32-26-12-9-23(10-13-26)30-28(36-20-25(11-14-29(36)33-30)22-5-2-1-3-6-22)21-34-15-17-35(18-16-34)31(38)24-7-4-8-27(19-24)37(39)40/h1-14,19-20H,15-18,21H2. The molecule has 0 N–H and O–H groups in total. The molecule has 0 radical (unpaired) electrons.